The summed E-state index contributed by atoms with van der Waals surface area (Å²) < 4.78 is 4.97. The topological polar surface area (TPSA) is 105 Å². The van der Waals surface area contributed by atoms with E-state index in [9.17, 15) is 19.2 Å². The molecule has 1 aliphatic heterocycles. The van der Waals surface area contributed by atoms with E-state index in [0.29, 0.717) is 17.9 Å². The molecule has 174 valence electrons. The molecular weight excluding hydrogens is 410 g/mol. The van der Waals surface area contributed by atoms with Crippen molar-refractivity contribution in [2.24, 2.45) is 5.92 Å². The van der Waals surface area contributed by atoms with E-state index in [1.54, 1.807) is 38.1 Å². The maximum atomic E-state index is 12.7. The van der Waals surface area contributed by atoms with Crippen molar-refractivity contribution in [3.8, 4) is 0 Å². The Morgan fingerprint density at radius 1 is 1.09 bits per heavy atom. The smallest absolute Gasteiger partial charge is 0.338 e. The first-order chi connectivity index (χ1) is 15.4. The summed E-state index contributed by atoms with van der Waals surface area (Å²) in [5, 5.41) is 5.82. The first kappa shape index (κ1) is 23.8. The molecule has 3 amide bonds. The average molecular weight is 444 g/mol. The number of amides is 3. The summed E-state index contributed by atoms with van der Waals surface area (Å²) in [6.07, 6.45) is 6.69. The van der Waals surface area contributed by atoms with Gasteiger partial charge >= 0.3 is 5.97 Å². The second kappa shape index (κ2) is 11.1. The van der Waals surface area contributed by atoms with Crippen molar-refractivity contribution in [3.63, 3.8) is 0 Å². The molecule has 8 nitrogen and oxygen atoms in total. The standard InChI is InChI=1S/C24H33N3O5/c1-3-32-24(31)17-10-12-20(13-11-17)27-15-18(14-21(27)28)23(30)25-16(2)22(29)26-19-8-6-4-5-7-9-19/h10-13,16,18-19H,3-9,14-15H2,1-2H3,(H,25,30)(H,26,29). The summed E-state index contributed by atoms with van der Waals surface area (Å²) >= 11 is 0. The van der Waals surface area contributed by atoms with Crippen molar-refractivity contribution in [1.29, 1.82) is 0 Å². The molecule has 1 aliphatic carbocycles. The fourth-order valence-electron chi connectivity index (χ4n) is 4.27. The van der Waals surface area contributed by atoms with Crippen LogP contribution in [-0.2, 0) is 19.1 Å². The van der Waals surface area contributed by atoms with Gasteiger partial charge in [0.2, 0.25) is 17.7 Å². The van der Waals surface area contributed by atoms with Gasteiger partial charge in [-0.1, -0.05) is 25.7 Å². The van der Waals surface area contributed by atoms with E-state index in [4.69, 9.17) is 4.74 Å². The molecule has 2 N–H and O–H groups in total. The van der Waals surface area contributed by atoms with Crippen molar-refractivity contribution in [3.05, 3.63) is 29.8 Å². The summed E-state index contributed by atoms with van der Waals surface area (Å²) in [5.74, 6) is -1.58. The molecule has 2 atom stereocenters. The van der Waals surface area contributed by atoms with Crippen molar-refractivity contribution >= 4 is 29.4 Å². The van der Waals surface area contributed by atoms with Crippen LogP contribution in [0.1, 0.15) is 69.2 Å². The number of carbonyl (C=O) groups is 4. The predicted octanol–water partition coefficient (Wildman–Crippen LogP) is 2.56. The molecule has 1 aromatic carbocycles. The molecule has 1 heterocycles. The molecule has 32 heavy (non-hydrogen) atoms. The van der Waals surface area contributed by atoms with Crippen molar-refractivity contribution in [2.75, 3.05) is 18.1 Å². The number of ether oxygens (including phenoxy) is 1. The van der Waals surface area contributed by atoms with Crippen LogP contribution < -0.4 is 15.5 Å². The average Bonchev–Trinajstić information content (AvgIpc) is 2.99. The summed E-state index contributed by atoms with van der Waals surface area (Å²) in [6, 6.07) is 6.08. The molecule has 0 radical (unpaired) electrons. The molecule has 1 aromatic rings. The zero-order valence-corrected chi connectivity index (χ0v) is 18.9. The number of benzene rings is 1. The molecule has 2 fully saturated rings. The molecular formula is C24H33N3O5. The first-order valence-electron chi connectivity index (χ1n) is 11.6. The normalized spacial score (nSPS) is 20.4. The van der Waals surface area contributed by atoms with E-state index < -0.39 is 17.9 Å². The zero-order valence-electron chi connectivity index (χ0n) is 18.9. The van der Waals surface area contributed by atoms with Gasteiger partial charge in [0.05, 0.1) is 18.1 Å². The molecule has 8 heteroatoms. The molecule has 1 saturated heterocycles. The van der Waals surface area contributed by atoms with Gasteiger partial charge in [0.1, 0.15) is 6.04 Å². The second-order valence-corrected chi connectivity index (χ2v) is 8.60. The van der Waals surface area contributed by atoms with Gasteiger partial charge in [-0.3, -0.25) is 14.4 Å². The third-order valence-electron chi connectivity index (χ3n) is 6.14. The number of nitrogens with zero attached hydrogens (tertiary/aromatic N) is 1. The Labute approximate surface area is 189 Å². The Balaban J connectivity index is 1.52. The minimum atomic E-state index is -0.654. The SMILES string of the molecule is CCOC(=O)c1ccc(N2CC(C(=O)NC(C)C(=O)NC3CCCCCC3)CC2=O)cc1. The Kier molecular flexibility index (Phi) is 8.25. The van der Waals surface area contributed by atoms with E-state index in [0.717, 1.165) is 25.7 Å². The van der Waals surface area contributed by atoms with Gasteiger partial charge in [0.25, 0.3) is 0 Å². The molecule has 1 saturated carbocycles. The van der Waals surface area contributed by atoms with Gasteiger partial charge in [-0.15, -0.1) is 0 Å². The number of hydrogen-bond donors (Lipinski definition) is 2. The van der Waals surface area contributed by atoms with E-state index in [2.05, 4.69) is 10.6 Å². The van der Waals surface area contributed by atoms with Crippen molar-refractivity contribution in [1.82, 2.24) is 10.6 Å². The van der Waals surface area contributed by atoms with Gasteiger partial charge in [-0.05, 0) is 51.0 Å². The Bertz CT molecular complexity index is 831. The number of anilines is 1. The number of rotatable bonds is 7. The number of esters is 1. The summed E-state index contributed by atoms with van der Waals surface area (Å²) in [4.78, 5) is 51.1. The number of carbonyl (C=O) groups excluding carboxylic acids is 4. The maximum Gasteiger partial charge on any atom is 0.338 e. The number of nitrogens with one attached hydrogen (secondary N) is 2. The van der Waals surface area contributed by atoms with E-state index in [1.165, 1.54) is 17.7 Å². The molecule has 0 spiro atoms. The minimum Gasteiger partial charge on any atom is -0.462 e. The number of hydrogen-bond acceptors (Lipinski definition) is 5. The third-order valence-corrected chi connectivity index (χ3v) is 6.14. The minimum absolute atomic E-state index is 0.0857. The molecule has 3 rings (SSSR count). The van der Waals surface area contributed by atoms with E-state index in [-0.39, 0.29) is 36.7 Å². The molecule has 0 bridgehead atoms. The Morgan fingerprint density at radius 3 is 2.38 bits per heavy atom. The fourth-order valence-corrected chi connectivity index (χ4v) is 4.27. The molecule has 2 unspecified atom stereocenters. The highest BCUT2D eigenvalue weighted by molar-refractivity contribution is 6.01. The highest BCUT2D eigenvalue weighted by atomic mass is 16.5. The Morgan fingerprint density at radius 2 is 1.75 bits per heavy atom. The van der Waals surface area contributed by atoms with Crippen LogP contribution in [0.2, 0.25) is 0 Å². The van der Waals surface area contributed by atoms with Gasteiger partial charge in [-0.2, -0.15) is 0 Å². The summed E-state index contributed by atoms with van der Waals surface area (Å²) in [5.41, 5.74) is 1.03. The van der Waals surface area contributed by atoms with Crippen LogP contribution in [0, 0.1) is 5.92 Å². The van der Waals surface area contributed by atoms with Gasteiger partial charge < -0.3 is 20.3 Å². The lowest BCUT2D eigenvalue weighted by Gasteiger charge is -2.21. The third kappa shape index (κ3) is 6.08. The van der Waals surface area contributed by atoms with Gasteiger partial charge in [-0.25, -0.2) is 4.79 Å². The summed E-state index contributed by atoms with van der Waals surface area (Å²) in [7, 11) is 0. The van der Waals surface area contributed by atoms with Crippen LogP contribution in [0.15, 0.2) is 24.3 Å². The van der Waals surface area contributed by atoms with E-state index in [1.807, 2.05) is 0 Å². The molecule has 0 aromatic heterocycles. The largest absolute Gasteiger partial charge is 0.462 e. The zero-order chi connectivity index (χ0) is 23.1. The van der Waals surface area contributed by atoms with Gasteiger partial charge in [0, 0.05) is 24.7 Å². The lowest BCUT2D eigenvalue weighted by atomic mass is 10.1. The van der Waals surface area contributed by atoms with Crippen molar-refractivity contribution in [2.45, 2.75) is 70.9 Å². The van der Waals surface area contributed by atoms with Crippen LogP contribution in [-0.4, -0.2) is 48.9 Å². The highest BCUT2D eigenvalue weighted by Gasteiger charge is 2.36. The van der Waals surface area contributed by atoms with Gasteiger partial charge in [0.15, 0.2) is 0 Å². The summed E-state index contributed by atoms with van der Waals surface area (Å²) in [6.45, 7) is 3.94. The van der Waals surface area contributed by atoms with Crippen LogP contribution >= 0.6 is 0 Å². The lowest BCUT2D eigenvalue weighted by molar-refractivity contribution is -0.131. The highest BCUT2D eigenvalue weighted by Crippen LogP contribution is 2.26. The lowest BCUT2D eigenvalue weighted by Crippen LogP contribution is -2.49. The fraction of sp³-hybridized carbons (Fsp3) is 0.583. The van der Waals surface area contributed by atoms with Crippen molar-refractivity contribution < 1.29 is 23.9 Å². The van der Waals surface area contributed by atoms with Crippen LogP contribution in [0.3, 0.4) is 0 Å². The quantitative estimate of drug-likeness (QED) is 0.498. The van der Waals surface area contributed by atoms with E-state index >= 15 is 0 Å². The molecule has 2 aliphatic rings. The van der Waals surface area contributed by atoms with Crippen LogP contribution in [0.4, 0.5) is 5.69 Å². The monoisotopic (exact) mass is 443 g/mol. The second-order valence-electron chi connectivity index (χ2n) is 8.60. The maximum absolute atomic E-state index is 12.7. The van der Waals surface area contributed by atoms with Crippen LogP contribution in [0.25, 0.3) is 0 Å². The Hall–Kier alpha value is -2.90. The van der Waals surface area contributed by atoms with Crippen LogP contribution in [0.5, 0.6) is 0 Å². The first-order valence-corrected chi connectivity index (χ1v) is 11.6. The predicted molar refractivity (Wildman–Crippen MR) is 120 cm³/mol.